The fraction of sp³-hybridized carbons (Fsp3) is 0.667. The number of anilines is 1. The van der Waals surface area contributed by atoms with Gasteiger partial charge in [-0.15, -0.1) is 0 Å². The van der Waals surface area contributed by atoms with Gasteiger partial charge in [-0.1, -0.05) is 27.2 Å². The standard InChI is InChI=1S/C13H19FN2.C2H6/c1-3-11-4-6-16(7-5-11)12-9-15-13(14)8-10(12)2;1-2/h8-9,11H,3-7H2,1-2H3;1-2H3. The molecule has 1 saturated heterocycles. The maximum absolute atomic E-state index is 12.9. The van der Waals surface area contributed by atoms with Crippen LogP contribution >= 0.6 is 0 Å². The summed E-state index contributed by atoms with van der Waals surface area (Å²) in [6.45, 7) is 10.4. The minimum Gasteiger partial charge on any atom is -0.370 e. The summed E-state index contributed by atoms with van der Waals surface area (Å²) in [5.74, 6) is 0.481. The Morgan fingerprint density at radius 2 is 1.94 bits per heavy atom. The van der Waals surface area contributed by atoms with Crippen molar-refractivity contribution in [2.75, 3.05) is 18.0 Å². The van der Waals surface area contributed by atoms with Gasteiger partial charge in [-0.05, 0) is 37.3 Å². The molecule has 0 unspecified atom stereocenters. The highest BCUT2D eigenvalue weighted by atomic mass is 19.1. The van der Waals surface area contributed by atoms with Gasteiger partial charge in [0.2, 0.25) is 5.95 Å². The third-order valence-corrected chi connectivity index (χ3v) is 3.58. The first-order chi connectivity index (χ1) is 8.70. The first-order valence-corrected chi connectivity index (χ1v) is 7.07. The van der Waals surface area contributed by atoms with Crippen molar-refractivity contribution >= 4 is 5.69 Å². The zero-order valence-corrected chi connectivity index (χ0v) is 12.0. The Balaban J connectivity index is 0.000000771. The molecule has 0 bridgehead atoms. The topological polar surface area (TPSA) is 16.1 Å². The van der Waals surface area contributed by atoms with Gasteiger partial charge in [0.25, 0.3) is 0 Å². The minimum absolute atomic E-state index is 0.385. The maximum atomic E-state index is 12.9. The van der Waals surface area contributed by atoms with E-state index in [9.17, 15) is 4.39 Å². The van der Waals surface area contributed by atoms with Crippen molar-refractivity contribution in [3.63, 3.8) is 0 Å². The lowest BCUT2D eigenvalue weighted by atomic mass is 9.94. The predicted octanol–water partition coefficient (Wildman–Crippen LogP) is 4.18. The molecule has 2 nitrogen and oxygen atoms in total. The van der Waals surface area contributed by atoms with E-state index >= 15 is 0 Å². The molecule has 18 heavy (non-hydrogen) atoms. The van der Waals surface area contributed by atoms with Gasteiger partial charge < -0.3 is 4.90 Å². The number of nitrogens with zero attached hydrogens (tertiary/aromatic N) is 2. The SMILES string of the molecule is CC.CCC1CCN(c2cnc(F)cc2C)CC1. The highest BCUT2D eigenvalue weighted by Crippen LogP contribution is 2.26. The van der Waals surface area contributed by atoms with Crippen LogP contribution in [0.25, 0.3) is 0 Å². The fourth-order valence-corrected chi connectivity index (χ4v) is 2.43. The highest BCUT2D eigenvalue weighted by Gasteiger charge is 2.19. The summed E-state index contributed by atoms with van der Waals surface area (Å²) in [4.78, 5) is 6.07. The Morgan fingerprint density at radius 1 is 1.33 bits per heavy atom. The lowest BCUT2D eigenvalue weighted by Crippen LogP contribution is -2.34. The second kappa shape index (κ2) is 7.34. The zero-order valence-electron chi connectivity index (χ0n) is 12.0. The van der Waals surface area contributed by atoms with Crippen LogP contribution in [0.5, 0.6) is 0 Å². The van der Waals surface area contributed by atoms with Crippen LogP contribution < -0.4 is 4.90 Å². The molecular weight excluding hydrogens is 227 g/mol. The molecule has 102 valence electrons. The molecule has 0 N–H and O–H groups in total. The molecular formula is C15H25FN2. The number of halogens is 1. The molecule has 0 aromatic carbocycles. The molecule has 0 radical (unpaired) electrons. The quantitative estimate of drug-likeness (QED) is 0.734. The van der Waals surface area contributed by atoms with Crippen molar-refractivity contribution in [1.29, 1.82) is 0 Å². The molecule has 1 aliphatic heterocycles. The van der Waals surface area contributed by atoms with Crippen LogP contribution in [-0.4, -0.2) is 18.1 Å². The van der Waals surface area contributed by atoms with Crippen LogP contribution in [-0.2, 0) is 0 Å². The van der Waals surface area contributed by atoms with E-state index in [0.717, 1.165) is 30.3 Å². The Labute approximate surface area is 110 Å². The first kappa shape index (κ1) is 14.9. The Kier molecular flexibility index (Phi) is 6.10. The highest BCUT2D eigenvalue weighted by molar-refractivity contribution is 5.51. The number of pyridine rings is 1. The molecule has 1 fully saturated rings. The molecule has 0 spiro atoms. The molecule has 1 aromatic rings. The second-order valence-corrected chi connectivity index (χ2v) is 4.63. The van der Waals surface area contributed by atoms with Crippen LogP contribution in [0.2, 0.25) is 0 Å². The van der Waals surface area contributed by atoms with Gasteiger partial charge in [-0.25, -0.2) is 4.98 Å². The van der Waals surface area contributed by atoms with Crippen LogP contribution in [0.4, 0.5) is 10.1 Å². The molecule has 2 heterocycles. The van der Waals surface area contributed by atoms with Crippen molar-refractivity contribution in [1.82, 2.24) is 4.98 Å². The predicted molar refractivity (Wildman–Crippen MR) is 75.5 cm³/mol. The van der Waals surface area contributed by atoms with E-state index in [2.05, 4.69) is 16.8 Å². The summed E-state index contributed by atoms with van der Waals surface area (Å²) in [6.07, 6.45) is 5.42. The van der Waals surface area contributed by atoms with Crippen molar-refractivity contribution in [3.05, 3.63) is 23.8 Å². The third kappa shape index (κ3) is 3.69. The average molecular weight is 252 g/mol. The number of aryl methyl sites for hydroxylation is 1. The van der Waals surface area contributed by atoms with Gasteiger partial charge in [0.15, 0.2) is 0 Å². The van der Waals surface area contributed by atoms with E-state index in [1.54, 1.807) is 6.20 Å². The zero-order chi connectivity index (χ0) is 13.5. The van der Waals surface area contributed by atoms with Crippen LogP contribution in [0.15, 0.2) is 12.3 Å². The van der Waals surface area contributed by atoms with Crippen LogP contribution in [0, 0.1) is 18.8 Å². The lowest BCUT2D eigenvalue weighted by Gasteiger charge is -2.33. The van der Waals surface area contributed by atoms with Crippen molar-refractivity contribution < 1.29 is 4.39 Å². The minimum atomic E-state index is -0.385. The van der Waals surface area contributed by atoms with E-state index in [4.69, 9.17) is 0 Å². The monoisotopic (exact) mass is 252 g/mol. The molecule has 2 rings (SSSR count). The summed E-state index contributed by atoms with van der Waals surface area (Å²) >= 11 is 0. The van der Waals surface area contributed by atoms with Crippen LogP contribution in [0.3, 0.4) is 0 Å². The molecule has 0 amide bonds. The van der Waals surface area contributed by atoms with E-state index < -0.39 is 0 Å². The number of hydrogen-bond donors (Lipinski definition) is 0. The van der Waals surface area contributed by atoms with Crippen LogP contribution in [0.1, 0.15) is 45.6 Å². The number of piperidine rings is 1. The molecule has 3 heteroatoms. The third-order valence-electron chi connectivity index (χ3n) is 3.58. The molecule has 0 saturated carbocycles. The van der Waals surface area contributed by atoms with Gasteiger partial charge in [-0.2, -0.15) is 4.39 Å². The van der Waals surface area contributed by atoms with E-state index in [0.29, 0.717) is 0 Å². The van der Waals surface area contributed by atoms with E-state index in [-0.39, 0.29) is 5.95 Å². The van der Waals surface area contributed by atoms with Gasteiger partial charge in [0.05, 0.1) is 11.9 Å². The smallest absolute Gasteiger partial charge is 0.213 e. The van der Waals surface area contributed by atoms with Gasteiger partial charge in [0, 0.05) is 13.1 Å². The van der Waals surface area contributed by atoms with Crippen molar-refractivity contribution in [2.45, 2.75) is 47.0 Å². The Hall–Kier alpha value is -1.12. The Bertz CT molecular complexity index is 358. The van der Waals surface area contributed by atoms with Crippen molar-refractivity contribution in [2.24, 2.45) is 5.92 Å². The summed E-state index contributed by atoms with van der Waals surface area (Å²) < 4.78 is 12.9. The van der Waals surface area contributed by atoms with Gasteiger partial charge >= 0.3 is 0 Å². The van der Waals surface area contributed by atoms with Crippen molar-refractivity contribution in [3.8, 4) is 0 Å². The summed E-state index contributed by atoms with van der Waals surface area (Å²) in [6, 6.07) is 1.52. The number of hydrogen-bond acceptors (Lipinski definition) is 2. The van der Waals surface area contributed by atoms with Gasteiger partial charge in [0.1, 0.15) is 0 Å². The van der Waals surface area contributed by atoms with Gasteiger partial charge in [-0.3, -0.25) is 0 Å². The second-order valence-electron chi connectivity index (χ2n) is 4.63. The first-order valence-electron chi connectivity index (χ1n) is 7.07. The molecule has 0 aliphatic carbocycles. The van der Waals surface area contributed by atoms with E-state index in [1.807, 2.05) is 20.8 Å². The average Bonchev–Trinajstić information content (AvgIpc) is 2.41. The summed E-state index contributed by atoms with van der Waals surface area (Å²) in [7, 11) is 0. The maximum Gasteiger partial charge on any atom is 0.213 e. The summed E-state index contributed by atoms with van der Waals surface area (Å²) in [5.41, 5.74) is 2.08. The normalized spacial score (nSPS) is 16.2. The molecule has 0 atom stereocenters. The number of rotatable bonds is 2. The molecule has 1 aliphatic rings. The summed E-state index contributed by atoms with van der Waals surface area (Å²) in [5, 5.41) is 0. The number of aromatic nitrogens is 1. The lowest BCUT2D eigenvalue weighted by molar-refractivity contribution is 0.394. The largest absolute Gasteiger partial charge is 0.370 e. The Morgan fingerprint density at radius 3 is 2.44 bits per heavy atom. The molecule has 1 aromatic heterocycles. The fourth-order valence-electron chi connectivity index (χ4n) is 2.43. The van der Waals surface area contributed by atoms with E-state index in [1.165, 1.54) is 25.3 Å².